The summed E-state index contributed by atoms with van der Waals surface area (Å²) in [7, 11) is 0. The zero-order chi connectivity index (χ0) is 63.4. The Morgan fingerprint density at radius 1 is 0.750 bits per heavy atom. The number of primary amides is 1. The van der Waals surface area contributed by atoms with Crippen LogP contribution in [0.2, 0.25) is 0 Å². The molecule has 4 unspecified atom stereocenters. The smallest absolute Gasteiger partial charge is 0.264 e. The molecule has 8 rings (SSSR count). The zero-order valence-electron chi connectivity index (χ0n) is 49.2. The molecule has 0 radical (unpaired) electrons. The highest BCUT2D eigenvalue weighted by Gasteiger charge is 2.46. The van der Waals surface area contributed by atoms with E-state index in [1.807, 2.05) is 54.6 Å². The number of rotatable bonds is 16. The van der Waals surface area contributed by atoms with E-state index in [1.165, 1.54) is 6.92 Å². The van der Waals surface area contributed by atoms with Crippen LogP contribution in [0.5, 0.6) is 5.75 Å². The minimum Gasteiger partial charge on any atom is -0.493 e. The number of aliphatic hydroxyl groups excluding tert-OH is 3. The van der Waals surface area contributed by atoms with Crippen LogP contribution in [0.15, 0.2) is 114 Å². The number of carbonyl (C=O) groups excluding carboxylic acids is 9. The lowest BCUT2D eigenvalue weighted by Crippen LogP contribution is -2.62. The number of carbonyl (C=O) groups is 9. The first-order chi connectivity index (χ1) is 42.1. The van der Waals surface area contributed by atoms with E-state index in [2.05, 4.69) is 85.5 Å². The van der Waals surface area contributed by atoms with Crippen molar-refractivity contribution in [2.75, 3.05) is 38.6 Å². The molecule has 4 heterocycles. The molecule has 1 fully saturated rings. The number of aliphatic hydroxyl groups is 3. The molecule has 1 saturated heterocycles. The Kier molecular flexibility index (Phi) is 22.3. The fourth-order valence-corrected chi connectivity index (χ4v) is 14.3. The van der Waals surface area contributed by atoms with E-state index in [4.69, 9.17) is 10.5 Å². The van der Waals surface area contributed by atoms with E-state index in [0.717, 1.165) is 21.6 Å². The first-order valence-corrected chi connectivity index (χ1v) is 31.5. The standard InChI is InChI=1S/C62H76N10O14S2/c1-5-34(2)53-58(82)65-29-51(77)66-47-33-88(85)60-43(42-22-21-41(26-44(42)69-60)86-24-23-35(3)87-62(37-15-9-6-10-16-37,38-17-11-7-12-18-38)39-19-13-8-14-20-39)27-45(55(79)64-30-52(78)70-53)67-59(83)54(36(4)49(75)32-73)71-57(81)48-25-40(74)31-72(48)61(84)46(28-50(63)76)68-56(47)80/h6-22,26,34-36,40,45-49,53-54,69,73-75,85H,5,23-25,27-33H2,1-4H3,(H8-,63,64,65,66,67,68,70,71,76,77,78,79,80,81,82,83)/p+1/t34-,35?,36-,40?,45-,46-,47?,48-,49-,53-,54-,88?/m0/s1. The Labute approximate surface area is 516 Å². The number of benzene rings is 4. The van der Waals surface area contributed by atoms with E-state index in [9.17, 15) is 63.0 Å². The van der Waals surface area contributed by atoms with Gasteiger partial charge in [-0.25, -0.2) is 0 Å². The first kappa shape index (κ1) is 66.0. The second-order valence-electron chi connectivity index (χ2n) is 22.5. The lowest BCUT2D eigenvalue weighted by Gasteiger charge is -2.37. The van der Waals surface area contributed by atoms with E-state index < -0.39 is 181 Å². The summed E-state index contributed by atoms with van der Waals surface area (Å²) >= 11 is -0.370. The van der Waals surface area contributed by atoms with Crippen molar-refractivity contribution in [2.45, 2.75) is 123 Å². The maximum atomic E-state index is 14.9. The van der Waals surface area contributed by atoms with Crippen molar-refractivity contribution in [1.29, 1.82) is 0 Å². The molecule has 5 aromatic rings. The van der Waals surface area contributed by atoms with Gasteiger partial charge in [-0.2, -0.15) is 4.55 Å². The molecule has 24 nitrogen and oxygen atoms in total. The Balaban J connectivity index is 1.20. The van der Waals surface area contributed by atoms with Crippen molar-refractivity contribution in [3.63, 3.8) is 0 Å². The molecule has 470 valence electrons. The molecule has 0 spiro atoms. The minimum atomic E-state index is -2.16. The van der Waals surface area contributed by atoms with Crippen molar-refractivity contribution < 1.29 is 67.8 Å². The number of nitrogens with one attached hydrogen (secondary N) is 8. The zero-order valence-corrected chi connectivity index (χ0v) is 50.9. The van der Waals surface area contributed by atoms with Gasteiger partial charge in [-0.1, -0.05) is 125 Å². The van der Waals surface area contributed by atoms with Gasteiger partial charge in [0, 0.05) is 47.6 Å². The largest absolute Gasteiger partial charge is 0.493 e. The molecule has 14 N–H and O–H groups in total. The summed E-state index contributed by atoms with van der Waals surface area (Å²) in [5.41, 5.74) is 9.45. The predicted octanol–water partition coefficient (Wildman–Crippen LogP) is 0.600. The van der Waals surface area contributed by atoms with Crippen LogP contribution in [0.3, 0.4) is 0 Å². The minimum absolute atomic E-state index is 0.00539. The van der Waals surface area contributed by atoms with Gasteiger partial charge in [0.15, 0.2) is 11.8 Å². The lowest BCUT2D eigenvalue weighted by atomic mass is 9.84. The average molecular weight is 1250 g/mol. The third-order valence-electron chi connectivity index (χ3n) is 16.2. The molecule has 1 aromatic heterocycles. The number of hydrogen-bond acceptors (Lipinski definition) is 15. The highest BCUT2D eigenvalue weighted by atomic mass is 32.2. The molecule has 2 bridgehead atoms. The van der Waals surface area contributed by atoms with Crippen LogP contribution in [0.25, 0.3) is 10.9 Å². The average Bonchev–Trinajstić information content (AvgIpc) is 1.35. The number of thioether (sulfide) groups is 1. The first-order valence-electron chi connectivity index (χ1n) is 29.2. The SMILES string of the molecule is CC[C@H](C)[C@@H]1NC(=O)CNC(=O)[C@@H]2Cc3c([nH]c4cc(OCCC(C)SC(c5ccccc5)(c5ccccc5)c5ccccc5)ccc34)[S+](O)CC(NC(=O)CNC1=O)C(=O)N[C@@H](CC(N)=O)C(=O)N1CC(O)C[C@H]1C(=O)N[C@@H]([C@@H](C)[C@@H](O)CO)C(=O)N2. The van der Waals surface area contributed by atoms with Gasteiger partial charge in [0.2, 0.25) is 64.3 Å². The van der Waals surface area contributed by atoms with Gasteiger partial charge in [0.1, 0.15) is 36.0 Å². The Morgan fingerprint density at radius 2 is 1.35 bits per heavy atom. The molecule has 3 aliphatic heterocycles. The van der Waals surface area contributed by atoms with Gasteiger partial charge in [-0.3, -0.25) is 43.2 Å². The normalized spacial score (nSPS) is 24.4. The van der Waals surface area contributed by atoms with Crippen LogP contribution < -0.4 is 47.7 Å². The van der Waals surface area contributed by atoms with Crippen molar-refractivity contribution >= 4 is 87.0 Å². The number of fused-ring (bicyclic) bond motifs is 5. The van der Waals surface area contributed by atoms with Crippen molar-refractivity contribution in [3.8, 4) is 5.75 Å². The third kappa shape index (κ3) is 15.6. The maximum absolute atomic E-state index is 14.9. The van der Waals surface area contributed by atoms with Gasteiger partial charge in [0.05, 0.1) is 55.2 Å². The maximum Gasteiger partial charge on any atom is 0.264 e. The van der Waals surface area contributed by atoms with Crippen molar-refractivity contribution in [2.24, 2.45) is 17.6 Å². The van der Waals surface area contributed by atoms with Crippen LogP contribution in [-0.2, 0) is 65.5 Å². The van der Waals surface area contributed by atoms with Crippen LogP contribution in [0.4, 0.5) is 0 Å². The molecule has 12 atom stereocenters. The summed E-state index contributed by atoms with van der Waals surface area (Å²) in [5, 5.41) is 50.1. The second-order valence-corrected chi connectivity index (χ2v) is 25.6. The number of nitrogens with two attached hydrogens (primary N) is 1. The van der Waals surface area contributed by atoms with E-state index in [-0.39, 0.29) is 22.4 Å². The number of aromatic nitrogens is 1. The van der Waals surface area contributed by atoms with Crippen LogP contribution in [-0.4, -0.2) is 175 Å². The fourth-order valence-electron chi connectivity index (χ4n) is 11.2. The lowest BCUT2D eigenvalue weighted by molar-refractivity contribution is -0.144. The number of hydrogen-bond donors (Lipinski definition) is 13. The summed E-state index contributed by atoms with van der Waals surface area (Å²) in [6, 6.07) is 26.0. The van der Waals surface area contributed by atoms with Gasteiger partial charge in [-0.15, -0.1) is 11.8 Å². The Bertz CT molecular complexity index is 3230. The van der Waals surface area contributed by atoms with Crippen LogP contribution >= 0.6 is 11.8 Å². The molecule has 9 amide bonds. The van der Waals surface area contributed by atoms with Gasteiger partial charge < -0.3 is 72.9 Å². The third-order valence-corrected chi connectivity index (χ3v) is 19.4. The predicted molar refractivity (Wildman–Crippen MR) is 329 cm³/mol. The highest BCUT2D eigenvalue weighted by Crippen LogP contribution is 2.50. The number of nitrogens with zero attached hydrogens (tertiary/aromatic N) is 1. The number of ether oxygens (including phenoxy) is 1. The topological polar surface area (TPSA) is 373 Å². The molecule has 3 aliphatic rings. The van der Waals surface area contributed by atoms with Gasteiger partial charge in [0.25, 0.3) is 5.03 Å². The Morgan fingerprint density at radius 3 is 1.94 bits per heavy atom. The quantitative estimate of drug-likeness (QED) is 0.0475. The van der Waals surface area contributed by atoms with Gasteiger partial charge in [-0.05, 0) is 41.2 Å². The van der Waals surface area contributed by atoms with Crippen molar-refractivity contribution in [3.05, 3.63) is 131 Å². The number of aromatic amines is 1. The van der Waals surface area contributed by atoms with Crippen LogP contribution in [0, 0.1) is 11.8 Å². The molecular formula is C62H77N10O14S2+. The molecule has 88 heavy (non-hydrogen) atoms. The van der Waals surface area contributed by atoms with E-state index in [1.54, 1.807) is 43.8 Å². The molecule has 0 aliphatic carbocycles. The summed E-state index contributed by atoms with van der Waals surface area (Å²) in [6.07, 6.45) is -3.80. The monoisotopic (exact) mass is 1250 g/mol. The fraction of sp³-hybridized carbons (Fsp3) is 0.435. The highest BCUT2D eigenvalue weighted by molar-refractivity contribution is 8.01. The van der Waals surface area contributed by atoms with E-state index >= 15 is 0 Å². The number of H-pyrrole nitrogens is 1. The summed E-state index contributed by atoms with van der Waals surface area (Å²) in [5.74, 6) is -11.1. The summed E-state index contributed by atoms with van der Waals surface area (Å²) in [4.78, 5) is 131. The van der Waals surface area contributed by atoms with Crippen LogP contribution in [0.1, 0.15) is 75.6 Å². The summed E-state index contributed by atoms with van der Waals surface area (Å²) in [6.45, 7) is 4.25. The van der Waals surface area contributed by atoms with Gasteiger partial charge >= 0.3 is 0 Å². The molecule has 4 aromatic carbocycles. The molecule has 26 heteroatoms. The number of amides is 9. The summed E-state index contributed by atoms with van der Waals surface area (Å²) < 4.78 is 18.4. The molecular weight excluding hydrogens is 1170 g/mol. The van der Waals surface area contributed by atoms with Crippen molar-refractivity contribution in [1.82, 2.24) is 47.1 Å². The van der Waals surface area contributed by atoms with E-state index in [0.29, 0.717) is 29.5 Å². The molecule has 0 saturated carbocycles. The second kappa shape index (κ2) is 29.8. The Hall–Kier alpha value is -8.01.